The standard InChI is InChI=1S/C27H25ClN6O2/c1-15(2)20-12-13-30-25-23(24(29)32-34(20)25)26(35)31-16(3)21-14-17-8-7-11-19(28)22(17)27(36)33(21)18-9-5-4-6-10-18/h4-16H,1-3H3,(H2,29,32)(H,31,35). The van der Waals surface area contributed by atoms with Gasteiger partial charge in [-0.3, -0.25) is 14.2 Å². The fourth-order valence-electron chi connectivity index (χ4n) is 4.48. The highest BCUT2D eigenvalue weighted by Gasteiger charge is 2.25. The van der Waals surface area contributed by atoms with Crippen LogP contribution in [0.25, 0.3) is 22.1 Å². The Hall–Kier alpha value is -4.17. The van der Waals surface area contributed by atoms with Gasteiger partial charge in [0.05, 0.1) is 16.5 Å². The molecule has 0 aliphatic carbocycles. The topological polar surface area (TPSA) is 107 Å². The van der Waals surface area contributed by atoms with Crippen LogP contribution in [0.15, 0.2) is 71.7 Å². The molecule has 0 aliphatic heterocycles. The summed E-state index contributed by atoms with van der Waals surface area (Å²) in [6.45, 7) is 5.88. The Morgan fingerprint density at radius 2 is 1.78 bits per heavy atom. The van der Waals surface area contributed by atoms with E-state index in [1.807, 2.05) is 69.3 Å². The zero-order chi connectivity index (χ0) is 25.6. The summed E-state index contributed by atoms with van der Waals surface area (Å²) in [5, 5.41) is 8.84. The van der Waals surface area contributed by atoms with E-state index < -0.39 is 11.9 Å². The van der Waals surface area contributed by atoms with Crippen LogP contribution in [0.3, 0.4) is 0 Å². The average Bonchev–Trinajstić information content (AvgIpc) is 3.20. The van der Waals surface area contributed by atoms with E-state index >= 15 is 0 Å². The number of nitrogens with zero attached hydrogens (tertiary/aromatic N) is 4. The Kier molecular flexibility index (Phi) is 5.97. The summed E-state index contributed by atoms with van der Waals surface area (Å²) in [5.41, 5.74) is 8.64. The van der Waals surface area contributed by atoms with Crippen LogP contribution in [-0.2, 0) is 0 Å². The van der Waals surface area contributed by atoms with Gasteiger partial charge < -0.3 is 11.1 Å². The zero-order valence-electron chi connectivity index (χ0n) is 20.1. The fourth-order valence-corrected chi connectivity index (χ4v) is 4.74. The predicted molar refractivity (Wildman–Crippen MR) is 142 cm³/mol. The van der Waals surface area contributed by atoms with Crippen molar-refractivity contribution >= 4 is 39.7 Å². The lowest BCUT2D eigenvalue weighted by molar-refractivity contribution is 0.0941. The Morgan fingerprint density at radius 3 is 2.50 bits per heavy atom. The molecule has 0 fully saturated rings. The third kappa shape index (κ3) is 3.89. The molecule has 182 valence electrons. The summed E-state index contributed by atoms with van der Waals surface area (Å²) in [4.78, 5) is 31.5. The van der Waals surface area contributed by atoms with Crippen molar-refractivity contribution in [1.29, 1.82) is 0 Å². The third-order valence-electron chi connectivity index (χ3n) is 6.22. The van der Waals surface area contributed by atoms with Crippen molar-refractivity contribution in [2.45, 2.75) is 32.7 Å². The van der Waals surface area contributed by atoms with Gasteiger partial charge in [0.25, 0.3) is 11.5 Å². The van der Waals surface area contributed by atoms with E-state index in [1.54, 1.807) is 27.4 Å². The lowest BCUT2D eigenvalue weighted by atomic mass is 10.1. The number of nitrogens with two attached hydrogens (primary N) is 1. The molecular formula is C27H25ClN6O2. The number of carbonyl (C=O) groups excluding carboxylic acids is 1. The summed E-state index contributed by atoms with van der Waals surface area (Å²) < 4.78 is 3.19. The number of hydrogen-bond acceptors (Lipinski definition) is 5. The number of anilines is 1. The fraction of sp³-hybridized carbons (Fsp3) is 0.185. The van der Waals surface area contributed by atoms with Gasteiger partial charge in [-0.1, -0.05) is 55.8 Å². The minimum atomic E-state index is -0.559. The maximum atomic E-state index is 13.6. The van der Waals surface area contributed by atoms with Gasteiger partial charge in [-0.25, -0.2) is 9.50 Å². The van der Waals surface area contributed by atoms with E-state index in [2.05, 4.69) is 15.4 Å². The largest absolute Gasteiger partial charge is 0.381 e. The molecule has 36 heavy (non-hydrogen) atoms. The number of para-hydroxylation sites is 1. The maximum Gasteiger partial charge on any atom is 0.264 e. The highest BCUT2D eigenvalue weighted by atomic mass is 35.5. The van der Waals surface area contributed by atoms with Gasteiger partial charge in [0.1, 0.15) is 5.56 Å². The van der Waals surface area contributed by atoms with Gasteiger partial charge in [-0.05, 0) is 48.6 Å². The highest BCUT2D eigenvalue weighted by Crippen LogP contribution is 2.27. The number of halogens is 1. The Morgan fingerprint density at radius 1 is 1.03 bits per heavy atom. The van der Waals surface area contributed by atoms with E-state index in [0.29, 0.717) is 32.8 Å². The van der Waals surface area contributed by atoms with Crippen LogP contribution in [0.5, 0.6) is 0 Å². The van der Waals surface area contributed by atoms with Gasteiger partial charge >= 0.3 is 0 Å². The molecule has 5 aromatic rings. The zero-order valence-corrected chi connectivity index (χ0v) is 20.8. The summed E-state index contributed by atoms with van der Waals surface area (Å²) in [6, 6.07) is 17.7. The minimum absolute atomic E-state index is 0.0889. The molecule has 8 nitrogen and oxygen atoms in total. The molecule has 0 bridgehead atoms. The Bertz CT molecular complexity index is 1670. The van der Waals surface area contributed by atoms with Gasteiger partial charge in [-0.15, -0.1) is 5.10 Å². The van der Waals surface area contributed by atoms with Crippen molar-refractivity contribution in [3.8, 4) is 5.69 Å². The normalized spacial score (nSPS) is 12.4. The number of hydrogen-bond donors (Lipinski definition) is 2. The van der Waals surface area contributed by atoms with Crippen molar-refractivity contribution in [3.63, 3.8) is 0 Å². The van der Waals surface area contributed by atoms with Crippen LogP contribution in [0.2, 0.25) is 5.02 Å². The lowest BCUT2D eigenvalue weighted by Gasteiger charge is -2.21. The van der Waals surface area contributed by atoms with Crippen LogP contribution in [-0.4, -0.2) is 25.1 Å². The second-order valence-electron chi connectivity index (χ2n) is 8.96. The van der Waals surface area contributed by atoms with E-state index in [1.165, 1.54) is 0 Å². The van der Waals surface area contributed by atoms with E-state index in [-0.39, 0.29) is 22.9 Å². The molecule has 3 heterocycles. The summed E-state index contributed by atoms with van der Waals surface area (Å²) in [7, 11) is 0. The Labute approximate surface area is 212 Å². The minimum Gasteiger partial charge on any atom is -0.381 e. The first-order chi connectivity index (χ1) is 17.3. The molecule has 0 aliphatic rings. The van der Waals surface area contributed by atoms with Crippen molar-refractivity contribution in [2.75, 3.05) is 5.73 Å². The van der Waals surface area contributed by atoms with E-state index in [9.17, 15) is 9.59 Å². The molecule has 0 spiro atoms. The molecule has 1 amide bonds. The molecular weight excluding hydrogens is 476 g/mol. The second kappa shape index (κ2) is 9.13. The highest BCUT2D eigenvalue weighted by molar-refractivity contribution is 6.35. The molecule has 0 radical (unpaired) electrons. The number of pyridine rings is 1. The summed E-state index contributed by atoms with van der Waals surface area (Å²) in [6.07, 6.45) is 1.64. The molecule has 2 aromatic carbocycles. The number of benzene rings is 2. The molecule has 3 N–H and O–H groups in total. The lowest BCUT2D eigenvalue weighted by Crippen LogP contribution is -2.32. The van der Waals surface area contributed by atoms with Crippen LogP contribution in [0, 0.1) is 0 Å². The monoisotopic (exact) mass is 500 g/mol. The molecule has 0 saturated heterocycles. The number of carbonyl (C=O) groups is 1. The smallest absolute Gasteiger partial charge is 0.264 e. The van der Waals surface area contributed by atoms with E-state index in [4.69, 9.17) is 17.3 Å². The van der Waals surface area contributed by atoms with Crippen LogP contribution in [0.4, 0.5) is 5.82 Å². The number of fused-ring (bicyclic) bond motifs is 2. The molecule has 0 saturated carbocycles. The van der Waals surface area contributed by atoms with Crippen LogP contribution < -0.4 is 16.6 Å². The van der Waals surface area contributed by atoms with Gasteiger partial charge in [0.2, 0.25) is 0 Å². The molecule has 1 unspecified atom stereocenters. The molecule has 3 aromatic heterocycles. The number of amides is 1. The first-order valence-electron chi connectivity index (χ1n) is 11.6. The number of nitrogens with one attached hydrogen (secondary N) is 1. The molecule has 9 heteroatoms. The summed E-state index contributed by atoms with van der Waals surface area (Å²) >= 11 is 6.40. The molecule has 5 rings (SSSR count). The van der Waals surface area contributed by atoms with Crippen molar-refractivity contribution < 1.29 is 4.79 Å². The van der Waals surface area contributed by atoms with Crippen molar-refractivity contribution in [1.82, 2.24) is 24.5 Å². The third-order valence-corrected chi connectivity index (χ3v) is 6.54. The Balaban J connectivity index is 1.62. The first-order valence-corrected chi connectivity index (χ1v) is 12.0. The predicted octanol–water partition coefficient (Wildman–Crippen LogP) is 4.88. The second-order valence-corrected chi connectivity index (χ2v) is 9.37. The quantitative estimate of drug-likeness (QED) is 0.357. The maximum absolute atomic E-state index is 13.6. The van der Waals surface area contributed by atoms with E-state index in [0.717, 1.165) is 5.69 Å². The van der Waals surface area contributed by atoms with Crippen LogP contribution in [0.1, 0.15) is 54.5 Å². The number of nitrogen functional groups attached to an aromatic ring is 1. The number of aromatic nitrogens is 4. The van der Waals surface area contributed by atoms with Crippen molar-refractivity contribution in [2.24, 2.45) is 0 Å². The van der Waals surface area contributed by atoms with Crippen molar-refractivity contribution in [3.05, 3.63) is 99.2 Å². The van der Waals surface area contributed by atoms with Gasteiger partial charge in [-0.2, -0.15) is 0 Å². The van der Waals surface area contributed by atoms with Gasteiger partial charge in [0.15, 0.2) is 11.5 Å². The van der Waals surface area contributed by atoms with Gasteiger partial charge in [0, 0.05) is 23.3 Å². The SMILES string of the molecule is CC(C)c1ccnc2c(C(=O)NC(C)c3cc4cccc(Cl)c4c(=O)n3-c3ccccc3)c(N)nn12. The first kappa shape index (κ1) is 23.6. The summed E-state index contributed by atoms with van der Waals surface area (Å²) in [5.74, 6) is -0.179. The average molecular weight is 501 g/mol. The van der Waals surface area contributed by atoms with Crippen LogP contribution >= 0.6 is 11.6 Å². The molecule has 1 atom stereocenters. The number of rotatable bonds is 5.